The van der Waals surface area contributed by atoms with Crippen molar-refractivity contribution in [3.8, 4) is 0 Å². The molecule has 2 heterocycles. The highest BCUT2D eigenvalue weighted by molar-refractivity contribution is 7.93. The molecule has 9 nitrogen and oxygen atoms in total. The number of para-hydroxylation sites is 1. The molecule has 0 amide bonds. The summed E-state index contributed by atoms with van der Waals surface area (Å²) in [4.78, 5) is 6.53. The number of hydrogen-bond donors (Lipinski definition) is 3. The van der Waals surface area contributed by atoms with Crippen molar-refractivity contribution in [1.82, 2.24) is 9.88 Å². The van der Waals surface area contributed by atoms with E-state index in [0.29, 0.717) is 23.3 Å². The van der Waals surface area contributed by atoms with Crippen molar-refractivity contribution in [2.24, 2.45) is 0 Å². The lowest BCUT2D eigenvalue weighted by atomic mass is 9.83. The maximum Gasteiger partial charge on any atom is 0.264 e. The Morgan fingerprint density at radius 1 is 0.792 bits per heavy atom. The van der Waals surface area contributed by atoms with Crippen LogP contribution in [0, 0.1) is 0 Å². The van der Waals surface area contributed by atoms with Crippen LogP contribution in [0.25, 0.3) is 10.9 Å². The average molecular weight is 730 g/mol. The third-order valence-corrected chi connectivity index (χ3v) is 11.4. The highest BCUT2D eigenvalue weighted by Crippen LogP contribution is 2.47. The predicted octanol–water partition coefficient (Wildman–Crippen LogP) is 7.52. The van der Waals surface area contributed by atoms with Gasteiger partial charge in [-0.3, -0.25) is 14.6 Å². The maximum absolute atomic E-state index is 13.7. The van der Waals surface area contributed by atoms with Gasteiger partial charge in [0, 0.05) is 41.3 Å². The van der Waals surface area contributed by atoms with E-state index in [-0.39, 0.29) is 23.5 Å². The van der Waals surface area contributed by atoms with Gasteiger partial charge in [0.2, 0.25) is 0 Å². The maximum atomic E-state index is 13.7. The number of rotatable bonds is 12. The zero-order chi connectivity index (χ0) is 37.0. The van der Waals surface area contributed by atoms with Crippen molar-refractivity contribution < 1.29 is 28.1 Å². The van der Waals surface area contributed by atoms with Crippen LogP contribution in [0.4, 0.5) is 5.69 Å². The summed E-state index contributed by atoms with van der Waals surface area (Å²) in [7, 11) is -2.02. The Bertz CT molecular complexity index is 2230. The van der Waals surface area contributed by atoms with Crippen LogP contribution in [0.1, 0.15) is 59.2 Å². The SMILES string of the molecule is CC(C(O)c1ccccc1)N(C)CC1OC(c2cccc(NS(=O)(=O)c3cccc4cccnc34)c2)OC(c2ccc(CO)cc2)C1c1ccccc1. The third-order valence-electron chi connectivity index (χ3n) is 10.0. The van der Waals surface area contributed by atoms with Gasteiger partial charge in [0.1, 0.15) is 4.90 Å². The molecule has 1 aliphatic rings. The summed E-state index contributed by atoms with van der Waals surface area (Å²) < 4.78 is 44.0. The molecule has 10 heteroatoms. The number of sulfonamides is 1. The van der Waals surface area contributed by atoms with Gasteiger partial charge in [-0.1, -0.05) is 115 Å². The van der Waals surface area contributed by atoms with Gasteiger partial charge >= 0.3 is 0 Å². The molecule has 6 atom stereocenters. The average Bonchev–Trinajstić information content (AvgIpc) is 3.20. The summed E-state index contributed by atoms with van der Waals surface area (Å²) in [5, 5.41) is 21.9. The highest BCUT2D eigenvalue weighted by atomic mass is 32.2. The lowest BCUT2D eigenvalue weighted by molar-refractivity contribution is -0.264. The predicted molar refractivity (Wildman–Crippen MR) is 205 cm³/mol. The monoisotopic (exact) mass is 729 g/mol. The fourth-order valence-corrected chi connectivity index (χ4v) is 8.27. The minimum absolute atomic E-state index is 0.0771. The van der Waals surface area contributed by atoms with E-state index in [4.69, 9.17) is 9.47 Å². The Morgan fingerprint density at radius 3 is 2.21 bits per heavy atom. The smallest absolute Gasteiger partial charge is 0.264 e. The second kappa shape index (κ2) is 16.0. The molecule has 0 aliphatic carbocycles. The molecule has 6 unspecified atom stereocenters. The van der Waals surface area contributed by atoms with Crippen LogP contribution in [0.5, 0.6) is 0 Å². The van der Waals surface area contributed by atoms with Gasteiger partial charge in [0.15, 0.2) is 6.29 Å². The second-order valence-corrected chi connectivity index (χ2v) is 15.1. The van der Waals surface area contributed by atoms with E-state index in [0.717, 1.165) is 27.6 Å². The Kier molecular flexibility index (Phi) is 11.0. The minimum atomic E-state index is -4.00. The molecule has 7 rings (SSSR count). The zero-order valence-corrected chi connectivity index (χ0v) is 30.4. The first-order chi connectivity index (χ1) is 25.7. The van der Waals surface area contributed by atoms with Gasteiger partial charge in [-0.2, -0.15) is 0 Å². The largest absolute Gasteiger partial charge is 0.392 e. The standard InChI is InChI=1S/C43H43N3O6S/c1-29(41(48)33-14-7-4-8-15-33)46(2)27-37-39(31-12-5-3-6-13-31)42(34-23-21-30(28-47)22-24-34)52-43(51-37)35-17-9-19-36(26-35)45-53(49,50)38-20-10-16-32-18-11-25-44-40(32)38/h3-26,29,37,39,41-43,45,47-48H,27-28H2,1-2H3. The molecule has 1 fully saturated rings. The zero-order valence-electron chi connectivity index (χ0n) is 29.6. The topological polar surface area (TPSA) is 121 Å². The van der Waals surface area contributed by atoms with E-state index >= 15 is 0 Å². The van der Waals surface area contributed by atoms with Gasteiger partial charge in [-0.15, -0.1) is 0 Å². The number of ether oxygens (including phenoxy) is 2. The number of nitrogens with one attached hydrogen (secondary N) is 1. The summed E-state index contributed by atoms with van der Waals surface area (Å²) >= 11 is 0. The molecule has 0 saturated carbocycles. The first kappa shape index (κ1) is 36.4. The van der Waals surface area contributed by atoms with Crippen LogP contribution in [0.3, 0.4) is 0 Å². The lowest BCUT2D eigenvalue weighted by Crippen LogP contribution is -2.46. The van der Waals surface area contributed by atoms with Crippen LogP contribution in [-0.2, 0) is 26.1 Å². The summed E-state index contributed by atoms with van der Waals surface area (Å²) in [6.45, 7) is 2.38. The van der Waals surface area contributed by atoms with Crippen molar-refractivity contribution in [1.29, 1.82) is 0 Å². The van der Waals surface area contributed by atoms with Crippen molar-refractivity contribution in [2.75, 3.05) is 18.3 Å². The number of nitrogens with zero attached hydrogens (tertiary/aromatic N) is 2. The quantitative estimate of drug-likeness (QED) is 0.118. The third kappa shape index (κ3) is 8.03. The fourth-order valence-electron chi connectivity index (χ4n) is 7.04. The number of aliphatic hydroxyl groups is 2. The Hall–Kier alpha value is -4.94. The normalized spacial score (nSPS) is 20.2. The van der Waals surface area contributed by atoms with Crippen molar-refractivity contribution >= 4 is 26.6 Å². The van der Waals surface area contributed by atoms with Gasteiger partial charge in [-0.25, -0.2) is 8.42 Å². The fraction of sp³-hybridized carbons (Fsp3) is 0.233. The lowest BCUT2D eigenvalue weighted by Gasteiger charge is -2.45. The highest BCUT2D eigenvalue weighted by Gasteiger charge is 2.43. The number of hydrogen-bond acceptors (Lipinski definition) is 8. The summed E-state index contributed by atoms with van der Waals surface area (Å²) in [6, 6.07) is 42.9. The van der Waals surface area contributed by atoms with Crippen molar-refractivity contribution in [2.45, 2.75) is 55.0 Å². The van der Waals surface area contributed by atoms with E-state index in [9.17, 15) is 18.6 Å². The Labute approximate surface area is 310 Å². The van der Waals surface area contributed by atoms with E-state index in [1.54, 1.807) is 42.6 Å². The summed E-state index contributed by atoms with van der Waals surface area (Å²) in [5.74, 6) is -0.253. The van der Waals surface area contributed by atoms with Crippen molar-refractivity contribution in [3.63, 3.8) is 0 Å². The first-order valence-electron chi connectivity index (χ1n) is 17.7. The van der Waals surface area contributed by atoms with Gasteiger partial charge in [0.25, 0.3) is 10.0 Å². The van der Waals surface area contributed by atoms with E-state index in [2.05, 4.69) is 26.7 Å². The number of anilines is 1. The molecule has 0 radical (unpaired) electrons. The van der Waals surface area contributed by atoms with E-state index < -0.39 is 34.6 Å². The van der Waals surface area contributed by atoms with Gasteiger partial charge in [-0.05, 0) is 60.5 Å². The van der Waals surface area contributed by atoms with E-state index in [1.165, 1.54) is 0 Å². The molecule has 0 bridgehead atoms. The van der Waals surface area contributed by atoms with Gasteiger partial charge < -0.3 is 19.7 Å². The molecule has 1 aliphatic heterocycles. The molecule has 6 aromatic rings. The molecule has 3 N–H and O–H groups in total. The van der Waals surface area contributed by atoms with Crippen molar-refractivity contribution in [3.05, 3.63) is 174 Å². The minimum Gasteiger partial charge on any atom is -0.392 e. The van der Waals surface area contributed by atoms with Crippen LogP contribution in [-0.4, -0.2) is 54.3 Å². The number of aliphatic hydroxyl groups excluding tert-OH is 2. The molecule has 272 valence electrons. The Morgan fingerprint density at radius 2 is 1.47 bits per heavy atom. The number of likely N-dealkylation sites (N-methyl/N-ethyl adjacent to an activating group) is 1. The molecule has 1 saturated heterocycles. The van der Waals surface area contributed by atoms with Gasteiger partial charge in [0.05, 0.1) is 30.4 Å². The molecule has 53 heavy (non-hydrogen) atoms. The first-order valence-corrected chi connectivity index (χ1v) is 19.2. The molecular formula is C43H43N3O6S. The number of benzene rings is 5. The second-order valence-electron chi connectivity index (χ2n) is 13.5. The summed E-state index contributed by atoms with van der Waals surface area (Å²) in [5.41, 5.74) is 4.93. The van der Waals surface area contributed by atoms with Crippen LogP contribution >= 0.6 is 0 Å². The molecule has 5 aromatic carbocycles. The molecular weight excluding hydrogens is 687 g/mol. The number of aromatic nitrogens is 1. The van der Waals surface area contributed by atoms with Crippen LogP contribution < -0.4 is 4.72 Å². The van der Waals surface area contributed by atoms with E-state index in [1.807, 2.05) is 105 Å². The Balaban J connectivity index is 1.24. The molecule has 0 spiro atoms. The molecule has 1 aromatic heterocycles. The number of fused-ring (bicyclic) bond motifs is 1. The summed E-state index contributed by atoms with van der Waals surface area (Å²) in [6.07, 6.45) is -0.910. The number of pyridine rings is 1. The van der Waals surface area contributed by atoms with Crippen LogP contribution in [0.2, 0.25) is 0 Å². The van der Waals surface area contributed by atoms with Crippen LogP contribution in [0.15, 0.2) is 151 Å².